The third-order valence-corrected chi connectivity index (χ3v) is 0.755. The summed E-state index contributed by atoms with van der Waals surface area (Å²) in [5.74, 6) is 0. The topological polar surface area (TPSA) is 49.4 Å². The van der Waals surface area contributed by atoms with Crippen molar-refractivity contribution >= 4 is 19.9 Å². The van der Waals surface area contributed by atoms with Crippen LogP contribution in [-0.2, 0) is 9.09 Å². The quantitative estimate of drug-likeness (QED) is 0.395. The first kappa shape index (κ1) is 6.31. The van der Waals surface area contributed by atoms with E-state index in [0.717, 1.165) is 0 Å². The Morgan fingerprint density at radius 2 is 2.50 bits per heavy atom. The van der Waals surface area contributed by atoms with E-state index < -0.39 is 8.25 Å². The van der Waals surface area contributed by atoms with Gasteiger partial charge in [0, 0.05) is 0 Å². The summed E-state index contributed by atoms with van der Waals surface area (Å²) in [5.41, 5.74) is 0. The fourth-order valence-electron chi connectivity index (χ4n) is 0.0398. The van der Waals surface area contributed by atoms with Crippen LogP contribution in [0.1, 0.15) is 0 Å². The molecule has 0 amide bonds. The molecule has 0 aliphatic carbocycles. The number of hydrogen-bond donors (Lipinski definition) is 0. The predicted octanol–water partition coefficient (Wildman–Crippen LogP) is 0.217. The molecule has 0 saturated heterocycles. The first-order valence-electron chi connectivity index (χ1n) is 1.10. The van der Waals surface area contributed by atoms with Crippen molar-refractivity contribution in [1.82, 2.24) is 0 Å². The molecule has 0 aromatic rings. The Kier molecular flexibility index (Phi) is 3.68. The Bertz CT molecular complexity index is 54.8. The molecule has 0 aromatic heterocycles. The summed E-state index contributed by atoms with van der Waals surface area (Å²) in [6.45, 7) is 0. The van der Waals surface area contributed by atoms with Gasteiger partial charge in [-0.15, -0.1) is 4.52 Å². The molecule has 0 spiro atoms. The summed E-state index contributed by atoms with van der Waals surface area (Å²) in [6, 6.07) is -0.293. The second-order valence-electron chi connectivity index (χ2n) is 0.462. The fraction of sp³-hybridized carbons (Fsp3) is 1.00. The summed E-state index contributed by atoms with van der Waals surface area (Å²) < 4.78 is 13.1. The lowest BCUT2D eigenvalue weighted by Gasteiger charge is -1.76. The molecule has 0 bridgehead atoms. The third-order valence-electron chi connectivity index (χ3n) is 0.154. The highest BCUT2D eigenvalue weighted by Gasteiger charge is 1.93. The number of hydrogen-bond acceptors (Lipinski definition) is 3. The number of halogens is 1. The lowest BCUT2D eigenvalue weighted by Crippen LogP contribution is -1.87. The Morgan fingerprint density at radius 1 is 2.00 bits per heavy atom. The van der Waals surface area contributed by atoms with Crippen LogP contribution in [0.2, 0.25) is 0 Å². The van der Waals surface area contributed by atoms with Crippen molar-refractivity contribution in [3.05, 3.63) is 0 Å². The van der Waals surface area contributed by atoms with E-state index in [0.29, 0.717) is 0 Å². The van der Waals surface area contributed by atoms with Gasteiger partial charge in [-0.3, -0.25) is 0 Å². The van der Waals surface area contributed by atoms with E-state index in [4.69, 9.17) is 11.6 Å². The van der Waals surface area contributed by atoms with Crippen LogP contribution in [0.4, 0.5) is 0 Å². The Labute approximate surface area is 40.8 Å². The smallest absolute Gasteiger partial charge is 0.489 e. The van der Waals surface area contributed by atoms with Gasteiger partial charge in [-0.05, 0) is 4.57 Å². The van der Waals surface area contributed by atoms with Crippen LogP contribution >= 0.6 is 19.9 Å². The highest BCUT2D eigenvalue weighted by molar-refractivity contribution is 7.30. The standard InChI is InChI=1S/CH2ClO3P/c2-1-5-6(3)4/h1H2. The average Bonchev–Trinajstić information content (AvgIpc) is 1.35. The van der Waals surface area contributed by atoms with Crippen LogP contribution in [0, 0.1) is 0 Å². The van der Waals surface area contributed by atoms with Crippen LogP contribution in [0.3, 0.4) is 0 Å². The molecular formula is CH2ClO3P. The largest absolute Gasteiger partial charge is 0.566 e. The van der Waals surface area contributed by atoms with Crippen molar-refractivity contribution in [2.24, 2.45) is 0 Å². The lowest BCUT2D eigenvalue weighted by molar-refractivity contribution is -0.184. The van der Waals surface area contributed by atoms with Crippen molar-refractivity contribution in [3.63, 3.8) is 0 Å². The van der Waals surface area contributed by atoms with Gasteiger partial charge in [0.1, 0.15) is 0 Å². The third kappa shape index (κ3) is 4.31. The Balaban J connectivity index is 2.83. The molecule has 1 unspecified atom stereocenters. The van der Waals surface area contributed by atoms with E-state index in [1.807, 2.05) is 0 Å². The molecule has 3 nitrogen and oxygen atoms in total. The molecule has 0 saturated carbocycles. The molecule has 1 atom stereocenters. The molecule has 0 radical (unpaired) electrons. The predicted molar refractivity (Wildman–Crippen MR) is 19.4 cm³/mol. The van der Waals surface area contributed by atoms with E-state index in [1.165, 1.54) is 0 Å². The average molecular weight is 128 g/mol. The van der Waals surface area contributed by atoms with Crippen LogP contribution in [0.5, 0.6) is 0 Å². The van der Waals surface area contributed by atoms with Gasteiger partial charge in [0.05, 0.1) is 0 Å². The van der Waals surface area contributed by atoms with Gasteiger partial charge in [-0.25, -0.2) is 0 Å². The monoisotopic (exact) mass is 128 g/mol. The van der Waals surface area contributed by atoms with Crippen LogP contribution in [0.15, 0.2) is 0 Å². The molecule has 6 heavy (non-hydrogen) atoms. The van der Waals surface area contributed by atoms with Crippen LogP contribution < -0.4 is 4.89 Å². The van der Waals surface area contributed by atoms with Crippen molar-refractivity contribution in [2.75, 3.05) is 6.07 Å². The van der Waals surface area contributed by atoms with Gasteiger partial charge in [-0.2, -0.15) is 0 Å². The van der Waals surface area contributed by atoms with E-state index in [-0.39, 0.29) is 6.07 Å². The molecule has 0 rings (SSSR count). The first-order chi connectivity index (χ1) is 2.77. The van der Waals surface area contributed by atoms with Crippen LogP contribution in [-0.4, -0.2) is 6.07 Å². The summed E-state index contributed by atoms with van der Waals surface area (Å²) in [4.78, 5) is 9.33. The zero-order valence-corrected chi connectivity index (χ0v) is 4.41. The molecule has 0 aliphatic rings. The molecule has 5 heteroatoms. The Morgan fingerprint density at radius 3 is 2.50 bits per heavy atom. The second kappa shape index (κ2) is 3.50. The number of rotatable bonds is 2. The molecule has 0 aromatic carbocycles. The molecular weight excluding hydrogens is 126 g/mol. The van der Waals surface area contributed by atoms with Gasteiger partial charge in [0.25, 0.3) is 0 Å². The summed E-state index contributed by atoms with van der Waals surface area (Å²) in [5, 5.41) is 0. The maximum absolute atomic E-state index is 9.33. The van der Waals surface area contributed by atoms with E-state index in [9.17, 15) is 9.46 Å². The summed E-state index contributed by atoms with van der Waals surface area (Å²) >= 11 is 4.79. The minimum absolute atomic E-state index is 0.293. The molecule has 0 aliphatic heterocycles. The maximum atomic E-state index is 9.33. The lowest BCUT2D eigenvalue weighted by atomic mass is 11.7. The highest BCUT2D eigenvalue weighted by Crippen LogP contribution is 2.07. The van der Waals surface area contributed by atoms with Gasteiger partial charge >= 0.3 is 8.25 Å². The van der Waals surface area contributed by atoms with Crippen molar-refractivity contribution in [3.8, 4) is 0 Å². The van der Waals surface area contributed by atoms with Gasteiger partial charge in [-0.1, -0.05) is 11.6 Å². The van der Waals surface area contributed by atoms with E-state index in [2.05, 4.69) is 4.52 Å². The summed E-state index contributed by atoms with van der Waals surface area (Å²) in [7, 11) is -2.73. The molecule has 36 valence electrons. The summed E-state index contributed by atoms with van der Waals surface area (Å²) in [6.07, 6.45) is 0. The minimum atomic E-state index is -2.73. The first-order valence-corrected chi connectivity index (χ1v) is 2.73. The second-order valence-corrected chi connectivity index (χ2v) is 1.39. The van der Waals surface area contributed by atoms with Crippen molar-refractivity contribution in [2.45, 2.75) is 0 Å². The SMILES string of the molecule is O=[P+]([O-])OCCl. The van der Waals surface area contributed by atoms with Gasteiger partial charge in [0.15, 0.2) is 6.07 Å². The van der Waals surface area contributed by atoms with Gasteiger partial charge in [0.2, 0.25) is 0 Å². The Hall–Kier alpha value is 0.310. The minimum Gasteiger partial charge on any atom is -0.566 e. The molecule has 0 fully saturated rings. The van der Waals surface area contributed by atoms with E-state index >= 15 is 0 Å². The zero-order chi connectivity index (χ0) is 4.99. The normalized spacial score (nSPS) is 11.3. The van der Waals surface area contributed by atoms with Crippen molar-refractivity contribution in [1.29, 1.82) is 0 Å². The van der Waals surface area contributed by atoms with Crippen molar-refractivity contribution < 1.29 is 14.0 Å². The zero-order valence-electron chi connectivity index (χ0n) is 2.76. The fourth-order valence-corrected chi connectivity index (χ4v) is 0.359. The van der Waals surface area contributed by atoms with E-state index in [1.54, 1.807) is 0 Å². The maximum Gasteiger partial charge on any atom is 0.489 e. The number of alkyl halides is 1. The van der Waals surface area contributed by atoms with Gasteiger partial charge < -0.3 is 4.89 Å². The molecule has 0 heterocycles. The molecule has 0 N–H and O–H groups in total. The highest BCUT2D eigenvalue weighted by atomic mass is 35.5. The van der Waals surface area contributed by atoms with Crippen LogP contribution in [0.25, 0.3) is 0 Å².